The molecule has 0 spiro atoms. The topological polar surface area (TPSA) is 227 Å². The SMILES string of the molecule is CCCc1c(OCCCCl)ccc2c(C(F)(F)F)noc12.CCCc1c(OCCCN2C(=O)NCC(c3ccccc3)C2=O)ccc2c(C(F)(F)F)noc12.O=C1NCC(c2ccccc2)C(=O)N1.O=CO[O-].[Cs+].[Cs+].[H-]. The molecule has 75 heavy (non-hydrogen) atoms. The molecule has 2 unspecified atom stereocenters. The van der Waals surface area contributed by atoms with Crippen molar-refractivity contribution in [3.05, 3.63) is 119 Å². The van der Waals surface area contributed by atoms with E-state index in [1.165, 1.54) is 29.2 Å². The Labute approximate surface area is 550 Å². The number of urea groups is 2. The van der Waals surface area contributed by atoms with Crippen LogP contribution in [0.4, 0.5) is 35.9 Å². The number of benzene rings is 4. The zero-order valence-electron chi connectivity index (χ0n) is 42.3. The average Bonchev–Trinajstić information content (AvgIpc) is 4.03. The van der Waals surface area contributed by atoms with Gasteiger partial charge >= 0.3 is 162 Å². The summed E-state index contributed by atoms with van der Waals surface area (Å²) in [5.74, 6) is 0.160. The largest absolute Gasteiger partial charge is 1.00 e. The van der Waals surface area contributed by atoms with E-state index in [0.717, 1.165) is 17.5 Å². The summed E-state index contributed by atoms with van der Waals surface area (Å²) in [6.45, 7) is 4.98. The number of aryl methyl sites for hydroxylation is 2. The molecule has 8 rings (SSSR count). The molecule has 6 amide bonds. The second kappa shape index (κ2) is 32.6. The first-order chi connectivity index (χ1) is 35.0. The van der Waals surface area contributed by atoms with Crippen LogP contribution in [0.5, 0.6) is 11.5 Å². The van der Waals surface area contributed by atoms with Gasteiger partial charge in [0.2, 0.25) is 11.8 Å². The van der Waals surface area contributed by atoms with Crippen LogP contribution < -0.4 is 168 Å². The second-order valence-corrected chi connectivity index (χ2v) is 16.4. The molecule has 2 fully saturated rings. The van der Waals surface area contributed by atoms with Gasteiger partial charge in [0, 0.05) is 36.6 Å². The third-order valence-corrected chi connectivity index (χ3v) is 11.3. The van der Waals surface area contributed by atoms with Crippen LogP contribution in [0.3, 0.4) is 0 Å². The van der Waals surface area contributed by atoms with Crippen molar-refractivity contribution in [1.29, 1.82) is 0 Å². The second-order valence-electron chi connectivity index (χ2n) is 16.0. The van der Waals surface area contributed by atoms with Gasteiger partial charge in [-0.05, 0) is 61.1 Å². The Morgan fingerprint density at radius 1 is 0.720 bits per heavy atom. The number of carbonyl (C=O) groups is 5. The number of amides is 6. The molecule has 6 aromatic rings. The zero-order chi connectivity index (χ0) is 53.1. The molecule has 2 saturated heterocycles. The van der Waals surface area contributed by atoms with Crippen molar-refractivity contribution in [3.63, 3.8) is 0 Å². The van der Waals surface area contributed by atoms with Crippen molar-refractivity contribution in [2.24, 2.45) is 0 Å². The number of hydrogen-bond acceptors (Lipinski definition) is 13. The Hall–Kier alpha value is -3.30. The average molecular weight is 1320 g/mol. The number of nitrogens with zero attached hydrogens (tertiary/aromatic N) is 3. The molecule has 0 bridgehead atoms. The van der Waals surface area contributed by atoms with Crippen molar-refractivity contribution in [1.82, 2.24) is 31.2 Å². The van der Waals surface area contributed by atoms with E-state index in [9.17, 15) is 45.5 Å². The number of halogens is 7. The van der Waals surface area contributed by atoms with Gasteiger partial charge in [-0.3, -0.25) is 24.6 Å². The van der Waals surface area contributed by atoms with E-state index in [2.05, 4.69) is 31.2 Å². The minimum Gasteiger partial charge on any atom is -1.00 e. The van der Waals surface area contributed by atoms with E-state index in [-0.39, 0.29) is 205 Å². The van der Waals surface area contributed by atoms with Gasteiger partial charge in [0.15, 0.2) is 22.6 Å². The van der Waals surface area contributed by atoms with Gasteiger partial charge < -0.3 is 40.7 Å². The van der Waals surface area contributed by atoms with Gasteiger partial charge in [0.1, 0.15) is 11.5 Å². The quantitative estimate of drug-likeness (QED) is 0.0317. The number of rotatable bonds is 16. The molecular weight excluding hydrogens is 1260 g/mol. The van der Waals surface area contributed by atoms with E-state index in [1.807, 2.05) is 74.5 Å². The van der Waals surface area contributed by atoms with Crippen molar-refractivity contribution in [2.75, 3.05) is 38.7 Å². The normalized spacial score (nSPS) is 15.2. The van der Waals surface area contributed by atoms with Gasteiger partial charge in [-0.15, -0.1) is 11.6 Å². The molecule has 26 heteroatoms. The van der Waals surface area contributed by atoms with Crippen LogP contribution in [0, 0.1) is 0 Å². The summed E-state index contributed by atoms with van der Waals surface area (Å²) in [7, 11) is 0. The predicted molar refractivity (Wildman–Crippen MR) is 250 cm³/mol. The van der Waals surface area contributed by atoms with Crippen LogP contribution in [0.25, 0.3) is 21.9 Å². The van der Waals surface area contributed by atoms with Gasteiger partial charge in [-0.1, -0.05) is 97.7 Å². The van der Waals surface area contributed by atoms with E-state index in [0.29, 0.717) is 73.8 Å². The molecule has 394 valence electrons. The standard InChI is InChI=1S/C24H24F3N3O4.C14H15ClF3NO2.C10H10N2O2.CH2O3.2Cs.H/c1-2-7-16-19(11-10-17-20(16)34-29-21(17)24(25,26)27)33-13-6-12-30-22(31)18(14-28-23(30)32)15-8-4-3-5-9-15;1-2-4-9-11(20-8-3-7-15)6-5-10-12(9)21-19-13(10)14(16,17)18;13-9-8(6-11-10(14)12-9)7-4-2-1-3-5-7;2-1-4-3;;;/h3-5,8-11,18H,2,6-7,12-14H2,1H3,(H,28,32);5-6H,2-4,7-8H2,1H3;1-5,8H,6H2,(H2,11,12,13,14);1,3H;;;/q;;;;2*+1;-1/p-1. The third-order valence-electron chi connectivity index (χ3n) is 11.0. The fourth-order valence-electron chi connectivity index (χ4n) is 7.68. The first-order valence-electron chi connectivity index (χ1n) is 22.8. The van der Waals surface area contributed by atoms with Crippen LogP contribution in [-0.2, 0) is 44.5 Å². The maximum atomic E-state index is 13.2. The number of imide groups is 2. The summed E-state index contributed by atoms with van der Waals surface area (Å²) in [6.07, 6.45) is -5.70. The van der Waals surface area contributed by atoms with Crippen LogP contribution in [0.1, 0.15) is 86.4 Å². The monoisotopic (exact) mass is 1310 g/mol. The summed E-state index contributed by atoms with van der Waals surface area (Å²) < 4.78 is 99.4. The number of nitrogens with one attached hydrogen (secondary N) is 3. The zero-order valence-corrected chi connectivity index (χ0v) is 54.6. The van der Waals surface area contributed by atoms with E-state index in [4.69, 9.17) is 40.2 Å². The molecule has 0 saturated carbocycles. The molecule has 17 nitrogen and oxygen atoms in total. The molecule has 2 aliphatic heterocycles. The summed E-state index contributed by atoms with van der Waals surface area (Å²) in [6, 6.07) is 23.4. The van der Waals surface area contributed by atoms with Gasteiger partial charge in [-0.2, -0.15) is 26.3 Å². The molecule has 2 aliphatic rings. The predicted octanol–water partition coefficient (Wildman–Crippen LogP) is 2.88. The third kappa shape index (κ3) is 18.7. The molecule has 2 atom stereocenters. The molecule has 4 heterocycles. The number of aromatic nitrogens is 2. The minimum atomic E-state index is -4.61. The van der Waals surface area contributed by atoms with Gasteiger partial charge in [-0.25, -0.2) is 9.59 Å². The van der Waals surface area contributed by atoms with E-state index >= 15 is 0 Å². The van der Waals surface area contributed by atoms with Crippen LogP contribution in [-0.4, -0.2) is 84.3 Å². The van der Waals surface area contributed by atoms with Crippen LogP contribution >= 0.6 is 11.6 Å². The maximum Gasteiger partial charge on any atom is 1.00 e. The van der Waals surface area contributed by atoms with Crippen molar-refractivity contribution in [2.45, 2.75) is 76.6 Å². The molecule has 0 aliphatic carbocycles. The fraction of sp³-hybridized carbons (Fsp3) is 0.367. The number of alkyl halides is 7. The molecule has 2 aromatic heterocycles. The van der Waals surface area contributed by atoms with Gasteiger partial charge in [0.05, 0.1) is 35.8 Å². The number of fused-ring (bicyclic) bond motifs is 2. The number of hydrogen-bond donors (Lipinski definition) is 3. The Morgan fingerprint density at radius 3 is 1.60 bits per heavy atom. The van der Waals surface area contributed by atoms with Crippen molar-refractivity contribution < 1.29 is 218 Å². The summed E-state index contributed by atoms with van der Waals surface area (Å²) in [4.78, 5) is 59.8. The first-order valence-corrected chi connectivity index (χ1v) is 23.3. The first kappa shape index (κ1) is 66.0. The minimum absolute atomic E-state index is 0. The van der Waals surface area contributed by atoms with Crippen molar-refractivity contribution in [3.8, 4) is 11.5 Å². The summed E-state index contributed by atoms with van der Waals surface area (Å²) >= 11 is 5.58. The number of ether oxygens (including phenoxy) is 2. The Morgan fingerprint density at radius 2 is 1.17 bits per heavy atom. The fourth-order valence-corrected chi connectivity index (χ4v) is 7.79. The van der Waals surface area contributed by atoms with E-state index < -0.39 is 41.7 Å². The molecule has 4 aromatic carbocycles. The van der Waals surface area contributed by atoms with Crippen LogP contribution in [0.2, 0.25) is 0 Å². The number of carbonyl (C=O) groups excluding carboxylic acids is 5. The van der Waals surface area contributed by atoms with E-state index in [1.54, 1.807) is 0 Å². The maximum absolute atomic E-state index is 13.2. The molecule has 3 N–H and O–H groups in total. The summed E-state index contributed by atoms with van der Waals surface area (Å²) in [5.41, 5.74) is 1.03. The van der Waals surface area contributed by atoms with Gasteiger partial charge in [0.25, 0.3) is 6.47 Å². The Balaban J connectivity index is 0.000000402. The van der Waals surface area contributed by atoms with Crippen LogP contribution in [0.15, 0.2) is 94.0 Å². The Kier molecular flexibility index (Phi) is 28.7. The van der Waals surface area contributed by atoms with Crippen molar-refractivity contribution >= 4 is 63.9 Å². The molecular formula is C49H51ClCs2F6N6O11. The molecule has 0 radical (unpaired) electrons. The Bertz CT molecular complexity index is 2800. The smallest absolute Gasteiger partial charge is 1.00 e. The summed E-state index contributed by atoms with van der Waals surface area (Å²) in [5, 5.41) is 22.2.